The Kier molecular flexibility index (Phi) is 3.75. The largest absolute Gasteiger partial charge is 0.493 e. The van der Waals surface area contributed by atoms with E-state index in [9.17, 15) is 8.78 Å². The molecule has 152 valence electrons. The molecule has 0 unspecified atom stereocenters. The van der Waals surface area contributed by atoms with Gasteiger partial charge in [0.25, 0.3) is 0 Å². The van der Waals surface area contributed by atoms with Crippen molar-refractivity contribution < 1.29 is 22.5 Å². The number of hydrogen-bond donors (Lipinski definition) is 2. The summed E-state index contributed by atoms with van der Waals surface area (Å²) in [7, 11) is -2.90. The van der Waals surface area contributed by atoms with Crippen molar-refractivity contribution in [3.05, 3.63) is 53.4 Å². The van der Waals surface area contributed by atoms with Crippen molar-refractivity contribution in [2.75, 3.05) is 12.4 Å². The lowest BCUT2D eigenvalue weighted by Crippen LogP contribution is -2.23. The van der Waals surface area contributed by atoms with Crippen LogP contribution < -0.4 is 15.5 Å². The molecule has 10 heteroatoms. The van der Waals surface area contributed by atoms with E-state index in [0.717, 1.165) is 6.07 Å². The van der Waals surface area contributed by atoms with Crippen molar-refractivity contribution in [1.82, 2.24) is 20.1 Å². The van der Waals surface area contributed by atoms with E-state index in [1.165, 1.54) is 4.52 Å². The molecule has 0 saturated heterocycles. The molecule has 0 saturated carbocycles. The first-order valence-corrected chi connectivity index (χ1v) is 8.75. The zero-order chi connectivity index (χ0) is 23.3. The van der Waals surface area contributed by atoms with E-state index < -0.39 is 36.2 Å². The molecular formula is C19H20F2N6O2. The molecule has 0 aliphatic carbocycles. The van der Waals surface area contributed by atoms with Gasteiger partial charge in [0.15, 0.2) is 28.8 Å². The smallest absolute Gasteiger partial charge is 0.182 e. The number of aromatic nitrogens is 3. The maximum Gasteiger partial charge on any atom is 0.182 e. The van der Waals surface area contributed by atoms with Crippen molar-refractivity contribution in [2.24, 2.45) is 4.99 Å². The molecule has 0 bridgehead atoms. The van der Waals surface area contributed by atoms with Crippen LogP contribution in [0.15, 0.2) is 35.6 Å². The Morgan fingerprint density at radius 2 is 2.21 bits per heavy atom. The van der Waals surface area contributed by atoms with Gasteiger partial charge in [0.05, 0.1) is 29.0 Å². The SMILES string of the molecule is [2H]C([2H])([2H])Oc1c(F)cc(F)cc1[C@@H](C)Nc1ccn2ncc(C3=NC(C)(C)ON3)c2n1. The van der Waals surface area contributed by atoms with E-state index in [4.69, 9.17) is 13.7 Å². The van der Waals surface area contributed by atoms with E-state index in [1.807, 2.05) is 0 Å². The van der Waals surface area contributed by atoms with Gasteiger partial charge in [-0.15, -0.1) is 0 Å². The molecule has 3 aromatic rings. The van der Waals surface area contributed by atoms with Crippen molar-refractivity contribution in [2.45, 2.75) is 32.5 Å². The first-order chi connectivity index (χ1) is 14.9. The van der Waals surface area contributed by atoms with Crippen LogP contribution in [0, 0.1) is 11.6 Å². The zero-order valence-corrected chi connectivity index (χ0v) is 15.8. The van der Waals surface area contributed by atoms with Crippen LogP contribution in [0.25, 0.3) is 5.65 Å². The third-order valence-corrected chi connectivity index (χ3v) is 4.37. The molecule has 0 fully saturated rings. The van der Waals surface area contributed by atoms with E-state index >= 15 is 0 Å². The monoisotopic (exact) mass is 405 g/mol. The van der Waals surface area contributed by atoms with Gasteiger partial charge in [0, 0.05) is 17.8 Å². The summed E-state index contributed by atoms with van der Waals surface area (Å²) < 4.78 is 56.3. The summed E-state index contributed by atoms with van der Waals surface area (Å²) in [5.74, 6) is -1.71. The van der Waals surface area contributed by atoms with Crippen molar-refractivity contribution >= 4 is 17.3 Å². The Morgan fingerprint density at radius 1 is 1.38 bits per heavy atom. The lowest BCUT2D eigenvalue weighted by Gasteiger charge is -2.18. The Bertz CT molecular complexity index is 1210. The Hall–Kier alpha value is -3.27. The molecule has 0 amide bonds. The number of anilines is 1. The minimum absolute atomic E-state index is 0.00832. The highest BCUT2D eigenvalue weighted by Crippen LogP contribution is 2.31. The summed E-state index contributed by atoms with van der Waals surface area (Å²) in [5, 5.41) is 7.25. The first-order valence-electron chi connectivity index (χ1n) is 10.2. The molecule has 2 aromatic heterocycles. The Balaban J connectivity index is 1.67. The minimum Gasteiger partial charge on any atom is -0.493 e. The summed E-state index contributed by atoms with van der Waals surface area (Å²) in [6.45, 7) is 5.18. The maximum absolute atomic E-state index is 14.3. The highest BCUT2D eigenvalue weighted by Gasteiger charge is 2.28. The van der Waals surface area contributed by atoms with Gasteiger partial charge in [-0.2, -0.15) is 5.10 Å². The average Bonchev–Trinajstić information content (AvgIpc) is 3.25. The highest BCUT2D eigenvalue weighted by molar-refractivity contribution is 6.03. The van der Waals surface area contributed by atoms with Gasteiger partial charge in [-0.1, -0.05) is 0 Å². The van der Waals surface area contributed by atoms with Crippen LogP contribution in [0.1, 0.15) is 42.1 Å². The number of hydrogen-bond acceptors (Lipinski definition) is 7. The second kappa shape index (κ2) is 6.96. The lowest BCUT2D eigenvalue weighted by molar-refractivity contribution is -0.0269. The van der Waals surface area contributed by atoms with Crippen LogP contribution in [0.2, 0.25) is 0 Å². The van der Waals surface area contributed by atoms with E-state index in [-0.39, 0.29) is 5.56 Å². The number of aliphatic imine (C=N–C) groups is 1. The van der Waals surface area contributed by atoms with Gasteiger partial charge >= 0.3 is 0 Å². The molecule has 4 rings (SSSR count). The summed E-state index contributed by atoms with van der Waals surface area (Å²) in [6.07, 6.45) is 3.23. The van der Waals surface area contributed by atoms with Gasteiger partial charge in [-0.25, -0.2) is 33.6 Å². The van der Waals surface area contributed by atoms with Gasteiger partial charge in [-0.3, -0.25) is 0 Å². The molecule has 8 nitrogen and oxygen atoms in total. The molecule has 29 heavy (non-hydrogen) atoms. The van der Waals surface area contributed by atoms with Crippen molar-refractivity contribution in [3.8, 4) is 5.75 Å². The van der Waals surface area contributed by atoms with Crippen LogP contribution in [-0.2, 0) is 4.84 Å². The van der Waals surface area contributed by atoms with Crippen LogP contribution in [0.3, 0.4) is 0 Å². The fourth-order valence-corrected chi connectivity index (χ4v) is 3.03. The van der Waals surface area contributed by atoms with Crippen molar-refractivity contribution in [1.29, 1.82) is 0 Å². The fraction of sp³-hybridized carbons (Fsp3) is 0.316. The molecule has 1 aliphatic heterocycles. The average molecular weight is 405 g/mol. The van der Waals surface area contributed by atoms with Crippen LogP contribution in [-0.4, -0.2) is 33.2 Å². The van der Waals surface area contributed by atoms with Crippen molar-refractivity contribution in [3.63, 3.8) is 0 Å². The molecule has 1 aromatic carbocycles. The number of rotatable bonds is 5. The summed E-state index contributed by atoms with van der Waals surface area (Å²) in [5.41, 5.74) is 3.05. The number of amidine groups is 1. The normalized spacial score (nSPS) is 18.4. The fourth-order valence-electron chi connectivity index (χ4n) is 3.03. The van der Waals surface area contributed by atoms with Gasteiger partial charge in [-0.05, 0) is 32.9 Å². The number of benzene rings is 1. The van der Waals surface area contributed by atoms with Crippen LogP contribution >= 0.6 is 0 Å². The number of ether oxygens (including phenoxy) is 1. The molecule has 1 aliphatic rings. The molecule has 2 N–H and O–H groups in total. The number of fused-ring (bicyclic) bond motifs is 1. The zero-order valence-electron chi connectivity index (χ0n) is 18.8. The summed E-state index contributed by atoms with van der Waals surface area (Å²) >= 11 is 0. The molecule has 0 radical (unpaired) electrons. The standard InChI is InChI=1S/C19H20F2N6O2/c1-10(12-7-11(20)8-14(21)16(12)28-4)23-15-5-6-27-18(24-15)13(9-22-27)17-25-19(2,3)29-26-17/h5-10H,1-4H3,(H,23,24)(H,25,26)/t10-/m1/s1/i4D3. The number of nitrogens with one attached hydrogen (secondary N) is 2. The van der Waals surface area contributed by atoms with E-state index in [1.54, 1.807) is 39.2 Å². The minimum atomic E-state index is -2.90. The molecule has 1 atom stereocenters. The molecule has 3 heterocycles. The van der Waals surface area contributed by atoms with Gasteiger partial charge in [0.1, 0.15) is 11.6 Å². The van der Waals surface area contributed by atoms with E-state index in [0.29, 0.717) is 28.9 Å². The third kappa shape index (κ3) is 3.58. The number of hydroxylamine groups is 1. The summed E-state index contributed by atoms with van der Waals surface area (Å²) in [6, 6.07) is 2.45. The van der Waals surface area contributed by atoms with Gasteiger partial charge in [0.2, 0.25) is 0 Å². The quantitative estimate of drug-likeness (QED) is 0.678. The predicted octanol–water partition coefficient (Wildman–Crippen LogP) is 3.21. The predicted molar refractivity (Wildman–Crippen MR) is 103 cm³/mol. The number of methoxy groups -OCH3 is 1. The van der Waals surface area contributed by atoms with E-state index in [2.05, 4.69) is 25.9 Å². The summed E-state index contributed by atoms with van der Waals surface area (Å²) in [4.78, 5) is 14.3. The number of nitrogens with zero attached hydrogens (tertiary/aromatic N) is 4. The van der Waals surface area contributed by atoms with Crippen LogP contribution in [0.5, 0.6) is 5.75 Å². The maximum atomic E-state index is 14.3. The lowest BCUT2D eigenvalue weighted by atomic mass is 10.1. The second-order valence-electron chi connectivity index (χ2n) is 7.02. The Morgan fingerprint density at radius 3 is 2.93 bits per heavy atom. The van der Waals surface area contributed by atoms with Crippen LogP contribution in [0.4, 0.5) is 14.6 Å². The topological polar surface area (TPSA) is 85.1 Å². The Labute approximate surface area is 169 Å². The second-order valence-corrected chi connectivity index (χ2v) is 7.02. The molecule has 0 spiro atoms. The van der Waals surface area contributed by atoms with Gasteiger partial charge < -0.3 is 10.1 Å². The first kappa shape index (κ1) is 15.6. The number of halogens is 2. The molecular weight excluding hydrogens is 382 g/mol. The third-order valence-electron chi connectivity index (χ3n) is 4.37. The highest BCUT2D eigenvalue weighted by atomic mass is 19.1.